The Kier molecular flexibility index (Phi) is 13.2. The van der Waals surface area contributed by atoms with Gasteiger partial charge in [-0.15, -0.1) is 0 Å². The number of rotatable bonds is 14. The van der Waals surface area contributed by atoms with E-state index in [1.165, 1.54) is 7.11 Å². The topological polar surface area (TPSA) is 100 Å². The Bertz CT molecular complexity index is 1620. The Hall–Kier alpha value is -4.21. The number of carbonyl (C=O) groups is 1. The van der Waals surface area contributed by atoms with Gasteiger partial charge in [-0.25, -0.2) is 4.79 Å². The van der Waals surface area contributed by atoms with Crippen LogP contribution in [0.2, 0.25) is 0 Å². The van der Waals surface area contributed by atoms with Crippen molar-refractivity contribution in [3.05, 3.63) is 119 Å². The van der Waals surface area contributed by atoms with Crippen molar-refractivity contribution in [3.8, 4) is 0 Å². The largest absolute Gasteiger partial charge is 0.465 e. The minimum atomic E-state index is -0.331. The molecule has 0 radical (unpaired) electrons. The van der Waals surface area contributed by atoms with Crippen LogP contribution in [-0.4, -0.2) is 54.6 Å². The normalized spacial score (nSPS) is 10.9. The van der Waals surface area contributed by atoms with Gasteiger partial charge >= 0.3 is 5.97 Å². The number of ether oxygens (including phenoxy) is 4. The quantitative estimate of drug-likeness (QED) is 0.113. The highest BCUT2D eigenvalue weighted by Crippen LogP contribution is 2.17. The van der Waals surface area contributed by atoms with Gasteiger partial charge in [0.05, 0.1) is 54.9 Å². The first-order valence-electron chi connectivity index (χ1n) is 14.8. The Morgan fingerprint density at radius 3 is 1.77 bits per heavy atom. The highest BCUT2D eigenvalue weighted by atomic mass is 16.5. The minimum absolute atomic E-state index is 0.172. The highest BCUT2D eigenvalue weighted by Gasteiger charge is 2.14. The Balaban J connectivity index is 0.000000233. The standard InChI is InChI=1S/C23H25NO4.C13H15NO2/c1-17-7-5-9-19(22(17)23(25)26-2)15-27-13-6-14-28-16-20-12-11-18-8-3-4-10-21(18)24-20;15-8-3-9-16-10-12-7-6-11-4-1-2-5-13(11)14-12/h3-5,7-12H,6,13-16H2,1-2H3;1-2,4-7,15H,3,8-10H2. The fraction of sp³-hybridized carbons (Fsp3) is 0.306. The van der Waals surface area contributed by atoms with E-state index >= 15 is 0 Å². The van der Waals surface area contributed by atoms with Crippen molar-refractivity contribution >= 4 is 27.8 Å². The number of para-hydroxylation sites is 2. The number of esters is 1. The van der Waals surface area contributed by atoms with Crippen molar-refractivity contribution in [3.63, 3.8) is 0 Å². The molecule has 0 spiro atoms. The lowest BCUT2D eigenvalue weighted by Gasteiger charge is -2.11. The molecule has 0 fully saturated rings. The Morgan fingerprint density at radius 2 is 1.20 bits per heavy atom. The highest BCUT2D eigenvalue weighted by molar-refractivity contribution is 5.92. The third-order valence-corrected chi connectivity index (χ3v) is 6.84. The molecule has 0 aliphatic heterocycles. The summed E-state index contributed by atoms with van der Waals surface area (Å²) in [6.07, 6.45) is 1.44. The van der Waals surface area contributed by atoms with Gasteiger partial charge in [0.15, 0.2) is 0 Å². The molecule has 5 aromatic rings. The van der Waals surface area contributed by atoms with Gasteiger partial charge in [0.1, 0.15) is 0 Å². The minimum Gasteiger partial charge on any atom is -0.465 e. The van der Waals surface area contributed by atoms with E-state index in [-0.39, 0.29) is 12.6 Å². The molecule has 2 aromatic heterocycles. The van der Waals surface area contributed by atoms with Crippen LogP contribution in [0.4, 0.5) is 0 Å². The predicted molar refractivity (Wildman–Crippen MR) is 171 cm³/mol. The van der Waals surface area contributed by atoms with Crippen LogP contribution >= 0.6 is 0 Å². The number of aliphatic hydroxyl groups excluding tert-OH is 1. The van der Waals surface area contributed by atoms with Gasteiger partial charge in [-0.1, -0.05) is 66.7 Å². The van der Waals surface area contributed by atoms with Crippen molar-refractivity contribution in [1.29, 1.82) is 0 Å². The van der Waals surface area contributed by atoms with E-state index < -0.39 is 0 Å². The van der Waals surface area contributed by atoms with E-state index in [4.69, 9.17) is 24.1 Å². The fourth-order valence-electron chi connectivity index (χ4n) is 4.59. The maximum atomic E-state index is 11.9. The summed E-state index contributed by atoms with van der Waals surface area (Å²) in [5.41, 5.74) is 6.13. The van der Waals surface area contributed by atoms with Crippen LogP contribution in [0.5, 0.6) is 0 Å². The van der Waals surface area contributed by atoms with Crippen LogP contribution in [0.3, 0.4) is 0 Å². The molecule has 0 bridgehead atoms. The van der Waals surface area contributed by atoms with Gasteiger partial charge in [0, 0.05) is 37.2 Å². The zero-order chi connectivity index (χ0) is 31.0. The molecule has 0 amide bonds. The van der Waals surface area contributed by atoms with Crippen LogP contribution in [0.15, 0.2) is 91.0 Å². The lowest BCUT2D eigenvalue weighted by atomic mass is 10.0. The van der Waals surface area contributed by atoms with Crippen LogP contribution in [0, 0.1) is 6.92 Å². The van der Waals surface area contributed by atoms with Crippen molar-refractivity contribution in [2.24, 2.45) is 0 Å². The molecular weight excluding hydrogens is 556 g/mol. The summed E-state index contributed by atoms with van der Waals surface area (Å²) in [6.45, 7) is 5.14. The van der Waals surface area contributed by atoms with Crippen molar-refractivity contribution < 1.29 is 28.8 Å². The van der Waals surface area contributed by atoms with E-state index in [0.29, 0.717) is 51.6 Å². The van der Waals surface area contributed by atoms with Gasteiger partial charge in [-0.2, -0.15) is 0 Å². The van der Waals surface area contributed by atoms with Crippen LogP contribution in [0.25, 0.3) is 21.8 Å². The number of hydrogen-bond donors (Lipinski definition) is 1. The number of methoxy groups -OCH3 is 1. The summed E-state index contributed by atoms with van der Waals surface area (Å²) >= 11 is 0. The maximum absolute atomic E-state index is 11.9. The second-order valence-electron chi connectivity index (χ2n) is 10.2. The number of fused-ring (bicyclic) bond motifs is 2. The average Bonchev–Trinajstić information content (AvgIpc) is 3.06. The monoisotopic (exact) mass is 596 g/mol. The molecule has 0 unspecified atom stereocenters. The van der Waals surface area contributed by atoms with Crippen molar-refractivity contribution in [2.45, 2.75) is 39.6 Å². The second kappa shape index (κ2) is 17.8. The molecule has 1 N–H and O–H groups in total. The molecule has 230 valence electrons. The molecule has 8 nitrogen and oxygen atoms in total. The van der Waals surface area contributed by atoms with E-state index in [1.807, 2.05) is 91.9 Å². The number of nitrogens with zero attached hydrogens (tertiary/aromatic N) is 2. The third-order valence-electron chi connectivity index (χ3n) is 6.84. The number of aliphatic hydroxyl groups is 1. The molecule has 3 aromatic carbocycles. The Labute approximate surface area is 258 Å². The SMILES string of the molecule is COC(=O)c1c(C)cccc1COCCCOCc1ccc2ccccc2n1.OCCCOCc1ccc2ccccc2n1. The number of carbonyl (C=O) groups excluding carboxylic acids is 1. The van der Waals surface area contributed by atoms with Gasteiger partial charge < -0.3 is 24.1 Å². The van der Waals surface area contributed by atoms with Crippen molar-refractivity contribution in [2.75, 3.05) is 33.5 Å². The molecule has 0 saturated carbocycles. The van der Waals surface area contributed by atoms with E-state index in [2.05, 4.69) is 16.0 Å². The molecule has 2 heterocycles. The van der Waals surface area contributed by atoms with Crippen molar-refractivity contribution in [1.82, 2.24) is 9.97 Å². The summed E-state index contributed by atoms with van der Waals surface area (Å²) in [6, 6.07) is 29.8. The van der Waals surface area contributed by atoms with Crippen LogP contribution in [0.1, 0.15) is 45.7 Å². The maximum Gasteiger partial charge on any atom is 0.338 e. The summed E-state index contributed by atoms with van der Waals surface area (Å²) in [5, 5.41) is 10.9. The van der Waals surface area contributed by atoms with Crippen LogP contribution < -0.4 is 0 Å². The summed E-state index contributed by atoms with van der Waals surface area (Å²) < 4.78 is 21.7. The first-order valence-corrected chi connectivity index (χ1v) is 14.8. The van der Waals surface area contributed by atoms with E-state index in [9.17, 15) is 4.79 Å². The molecule has 0 atom stereocenters. The predicted octanol–water partition coefficient (Wildman–Crippen LogP) is 6.59. The number of pyridine rings is 2. The smallest absolute Gasteiger partial charge is 0.338 e. The van der Waals surface area contributed by atoms with E-state index in [0.717, 1.165) is 50.7 Å². The number of hydrogen-bond acceptors (Lipinski definition) is 8. The molecule has 5 rings (SSSR count). The second-order valence-corrected chi connectivity index (χ2v) is 10.2. The van der Waals surface area contributed by atoms with Gasteiger partial charge in [-0.05, 0) is 55.2 Å². The lowest BCUT2D eigenvalue weighted by Crippen LogP contribution is -2.10. The first-order chi connectivity index (χ1) is 21.6. The number of benzene rings is 3. The van der Waals surface area contributed by atoms with Gasteiger partial charge in [-0.3, -0.25) is 9.97 Å². The molecular formula is C36H40N2O6. The summed E-state index contributed by atoms with van der Waals surface area (Å²) in [7, 11) is 1.39. The molecule has 8 heteroatoms. The summed E-state index contributed by atoms with van der Waals surface area (Å²) in [5.74, 6) is -0.331. The number of aryl methyl sites for hydroxylation is 1. The molecule has 0 saturated heterocycles. The van der Waals surface area contributed by atoms with Crippen LogP contribution in [-0.2, 0) is 38.8 Å². The summed E-state index contributed by atoms with van der Waals surface area (Å²) in [4.78, 5) is 21.0. The molecule has 44 heavy (non-hydrogen) atoms. The zero-order valence-electron chi connectivity index (χ0n) is 25.4. The average molecular weight is 597 g/mol. The number of aromatic nitrogens is 2. The lowest BCUT2D eigenvalue weighted by molar-refractivity contribution is 0.0575. The first kappa shape index (κ1) is 32.7. The third kappa shape index (κ3) is 9.92. The van der Waals surface area contributed by atoms with Gasteiger partial charge in [0.2, 0.25) is 0 Å². The van der Waals surface area contributed by atoms with Gasteiger partial charge in [0.25, 0.3) is 0 Å². The molecule has 0 aliphatic rings. The zero-order valence-corrected chi connectivity index (χ0v) is 25.4. The molecule has 0 aliphatic carbocycles. The Morgan fingerprint density at radius 1 is 0.659 bits per heavy atom. The fourth-order valence-corrected chi connectivity index (χ4v) is 4.59. The van der Waals surface area contributed by atoms with E-state index in [1.54, 1.807) is 0 Å².